The molecular weight excluding hydrogens is 294 g/mol. The van der Waals surface area contributed by atoms with E-state index in [4.69, 9.17) is 4.74 Å². The van der Waals surface area contributed by atoms with Gasteiger partial charge in [-0.15, -0.1) is 0 Å². The van der Waals surface area contributed by atoms with Crippen LogP contribution in [-0.2, 0) is 4.74 Å². The van der Waals surface area contributed by atoms with Gasteiger partial charge in [0.2, 0.25) is 0 Å². The fraction of sp³-hybridized carbons (Fsp3) is 0.941. The third kappa shape index (κ3) is 4.58. The van der Waals surface area contributed by atoms with E-state index in [1.807, 2.05) is 4.90 Å². The van der Waals surface area contributed by atoms with Gasteiger partial charge in [-0.3, -0.25) is 4.90 Å². The van der Waals surface area contributed by atoms with Crippen molar-refractivity contribution in [3.05, 3.63) is 0 Å². The number of ether oxygens (including phenoxy) is 1. The summed E-state index contributed by atoms with van der Waals surface area (Å²) in [6.45, 7) is 11.0. The van der Waals surface area contributed by atoms with Crippen LogP contribution in [0.2, 0.25) is 0 Å². The lowest BCUT2D eigenvalue weighted by atomic mass is 9.89. The van der Waals surface area contributed by atoms with Gasteiger partial charge < -0.3 is 20.1 Å². The number of hydrogen-bond acceptors (Lipinski definition) is 4. The molecule has 4 atom stereocenters. The topological polar surface area (TPSA) is 65.0 Å². The number of aliphatic hydroxyl groups excluding tert-OH is 1. The quantitative estimate of drug-likeness (QED) is 0.771. The fourth-order valence-electron chi connectivity index (χ4n) is 3.92. The number of carbonyl (C=O) groups excluding carboxylic acids is 1. The zero-order valence-electron chi connectivity index (χ0n) is 14.8. The molecule has 2 N–H and O–H groups in total. The fourth-order valence-corrected chi connectivity index (χ4v) is 3.92. The van der Waals surface area contributed by atoms with Gasteiger partial charge in [-0.25, -0.2) is 4.79 Å². The summed E-state index contributed by atoms with van der Waals surface area (Å²) in [4.78, 5) is 16.8. The summed E-state index contributed by atoms with van der Waals surface area (Å²) in [5.74, 6) is 0.0530. The SMILES string of the molecule is CCN(CC)[C@H](C)CNC(=O)N1CCC[C@@H]1[C@@H]1COCC[C@H]1O. The van der Waals surface area contributed by atoms with Crippen molar-refractivity contribution >= 4 is 6.03 Å². The summed E-state index contributed by atoms with van der Waals surface area (Å²) in [5.41, 5.74) is 0. The molecule has 6 nitrogen and oxygen atoms in total. The molecule has 0 spiro atoms. The van der Waals surface area contributed by atoms with Crippen LogP contribution in [0.5, 0.6) is 0 Å². The minimum Gasteiger partial charge on any atom is -0.393 e. The maximum absolute atomic E-state index is 12.6. The van der Waals surface area contributed by atoms with Gasteiger partial charge in [0.15, 0.2) is 0 Å². The van der Waals surface area contributed by atoms with Gasteiger partial charge in [0, 0.05) is 37.7 Å². The monoisotopic (exact) mass is 327 g/mol. The Hall–Kier alpha value is -0.850. The summed E-state index contributed by atoms with van der Waals surface area (Å²) in [6.07, 6.45) is 2.30. The number of aliphatic hydroxyl groups is 1. The number of nitrogens with one attached hydrogen (secondary N) is 1. The number of urea groups is 1. The molecule has 0 unspecified atom stereocenters. The number of rotatable bonds is 6. The standard InChI is InChI=1S/C17H33N3O3/c1-4-19(5-2)13(3)11-18-17(22)20-9-6-7-15(20)14-12-23-10-8-16(14)21/h13-16,21H,4-12H2,1-3H3,(H,18,22)/t13-,14+,15-,16-/m1/s1. The van der Waals surface area contributed by atoms with Crippen LogP contribution in [-0.4, -0.2) is 78.5 Å². The molecule has 0 aliphatic carbocycles. The molecule has 0 bridgehead atoms. The summed E-state index contributed by atoms with van der Waals surface area (Å²) >= 11 is 0. The van der Waals surface area contributed by atoms with Crippen LogP contribution in [0.1, 0.15) is 40.0 Å². The molecule has 2 heterocycles. The maximum atomic E-state index is 12.6. The van der Waals surface area contributed by atoms with Crippen LogP contribution in [0.15, 0.2) is 0 Å². The molecule has 0 radical (unpaired) electrons. The van der Waals surface area contributed by atoms with Crippen LogP contribution in [0, 0.1) is 5.92 Å². The predicted molar refractivity (Wildman–Crippen MR) is 90.4 cm³/mol. The van der Waals surface area contributed by atoms with Gasteiger partial charge in [-0.05, 0) is 39.3 Å². The van der Waals surface area contributed by atoms with Crippen LogP contribution in [0.25, 0.3) is 0 Å². The molecule has 0 aromatic heterocycles. The second-order valence-corrected chi connectivity index (χ2v) is 6.75. The van der Waals surface area contributed by atoms with E-state index >= 15 is 0 Å². The van der Waals surface area contributed by atoms with E-state index in [2.05, 4.69) is 31.0 Å². The smallest absolute Gasteiger partial charge is 0.317 e. The highest BCUT2D eigenvalue weighted by atomic mass is 16.5. The molecule has 2 amide bonds. The number of amides is 2. The van der Waals surface area contributed by atoms with Crippen molar-refractivity contribution in [1.29, 1.82) is 0 Å². The van der Waals surface area contributed by atoms with Crippen LogP contribution in [0.4, 0.5) is 4.79 Å². The number of carbonyl (C=O) groups is 1. The van der Waals surface area contributed by atoms with Gasteiger partial charge in [0.1, 0.15) is 0 Å². The lowest BCUT2D eigenvalue weighted by Gasteiger charge is -2.37. The van der Waals surface area contributed by atoms with E-state index in [0.29, 0.717) is 32.2 Å². The summed E-state index contributed by atoms with van der Waals surface area (Å²) in [5, 5.41) is 13.3. The highest BCUT2D eigenvalue weighted by Crippen LogP contribution is 2.29. The summed E-state index contributed by atoms with van der Waals surface area (Å²) < 4.78 is 5.53. The zero-order chi connectivity index (χ0) is 16.8. The number of likely N-dealkylation sites (tertiary alicyclic amines) is 1. The predicted octanol–water partition coefficient (Wildman–Crippen LogP) is 1.29. The van der Waals surface area contributed by atoms with E-state index in [9.17, 15) is 9.90 Å². The lowest BCUT2D eigenvalue weighted by molar-refractivity contribution is -0.0576. The molecule has 134 valence electrons. The largest absolute Gasteiger partial charge is 0.393 e. The molecule has 0 aromatic rings. The highest BCUT2D eigenvalue weighted by molar-refractivity contribution is 5.75. The second-order valence-electron chi connectivity index (χ2n) is 6.75. The van der Waals surface area contributed by atoms with Crippen molar-refractivity contribution in [1.82, 2.24) is 15.1 Å². The Labute approximate surface area is 140 Å². The minimum atomic E-state index is -0.350. The Morgan fingerprint density at radius 3 is 2.78 bits per heavy atom. The number of hydrogen-bond donors (Lipinski definition) is 2. The highest BCUT2D eigenvalue weighted by Gasteiger charge is 2.39. The Kier molecular flexibility index (Phi) is 7.11. The van der Waals surface area contributed by atoms with E-state index in [1.54, 1.807) is 0 Å². The summed E-state index contributed by atoms with van der Waals surface area (Å²) in [6, 6.07) is 0.442. The normalized spacial score (nSPS) is 29.8. The molecule has 2 aliphatic heterocycles. The zero-order valence-corrected chi connectivity index (χ0v) is 14.8. The van der Waals surface area contributed by atoms with Crippen molar-refractivity contribution < 1.29 is 14.6 Å². The Bertz CT molecular complexity index is 376. The Balaban J connectivity index is 1.87. The first-order valence-corrected chi connectivity index (χ1v) is 9.12. The summed E-state index contributed by atoms with van der Waals surface area (Å²) in [7, 11) is 0. The van der Waals surface area contributed by atoms with Crippen molar-refractivity contribution in [2.45, 2.75) is 58.2 Å². The third-order valence-corrected chi connectivity index (χ3v) is 5.40. The average molecular weight is 327 g/mol. The van der Waals surface area contributed by atoms with E-state index < -0.39 is 0 Å². The van der Waals surface area contributed by atoms with Gasteiger partial charge in [0.25, 0.3) is 0 Å². The Morgan fingerprint density at radius 2 is 2.13 bits per heavy atom. The number of nitrogens with zero attached hydrogens (tertiary/aromatic N) is 2. The molecular formula is C17H33N3O3. The first-order chi connectivity index (χ1) is 11.1. The first-order valence-electron chi connectivity index (χ1n) is 9.12. The van der Waals surface area contributed by atoms with E-state index in [-0.39, 0.29) is 24.1 Å². The van der Waals surface area contributed by atoms with Gasteiger partial charge in [-0.2, -0.15) is 0 Å². The van der Waals surface area contributed by atoms with E-state index in [0.717, 1.165) is 32.5 Å². The van der Waals surface area contributed by atoms with Crippen LogP contribution >= 0.6 is 0 Å². The van der Waals surface area contributed by atoms with Crippen molar-refractivity contribution in [3.8, 4) is 0 Å². The molecule has 6 heteroatoms. The maximum Gasteiger partial charge on any atom is 0.317 e. The second kappa shape index (κ2) is 8.85. The first kappa shape index (κ1) is 18.5. The van der Waals surface area contributed by atoms with Gasteiger partial charge >= 0.3 is 6.03 Å². The molecule has 2 rings (SSSR count). The van der Waals surface area contributed by atoms with Crippen LogP contribution in [0.3, 0.4) is 0 Å². The Morgan fingerprint density at radius 1 is 1.39 bits per heavy atom. The molecule has 2 aliphatic rings. The molecule has 2 saturated heterocycles. The molecule has 0 aromatic carbocycles. The third-order valence-electron chi connectivity index (χ3n) is 5.40. The van der Waals surface area contributed by atoms with Gasteiger partial charge in [-0.1, -0.05) is 13.8 Å². The molecule has 2 fully saturated rings. The molecule has 23 heavy (non-hydrogen) atoms. The average Bonchev–Trinajstić information content (AvgIpc) is 3.03. The minimum absolute atomic E-state index is 0.00396. The van der Waals surface area contributed by atoms with Crippen molar-refractivity contribution in [3.63, 3.8) is 0 Å². The van der Waals surface area contributed by atoms with Crippen LogP contribution < -0.4 is 5.32 Å². The lowest BCUT2D eigenvalue weighted by Crippen LogP contribution is -2.52. The van der Waals surface area contributed by atoms with Crippen molar-refractivity contribution in [2.24, 2.45) is 5.92 Å². The van der Waals surface area contributed by atoms with Gasteiger partial charge in [0.05, 0.1) is 12.7 Å². The van der Waals surface area contributed by atoms with E-state index in [1.165, 1.54) is 0 Å². The number of likely N-dealkylation sites (N-methyl/N-ethyl adjacent to an activating group) is 1. The van der Waals surface area contributed by atoms with Crippen molar-refractivity contribution in [2.75, 3.05) is 39.4 Å². The molecule has 0 saturated carbocycles.